The van der Waals surface area contributed by atoms with Crippen LogP contribution in [0.4, 0.5) is 23.8 Å². The molecule has 4 atom stereocenters. The third-order valence-electron chi connectivity index (χ3n) is 8.23. The molecule has 3 aromatic rings. The average Bonchev–Trinajstić information content (AvgIpc) is 3.34. The maximum absolute atomic E-state index is 12.8. The lowest BCUT2D eigenvalue weighted by Gasteiger charge is -2.37. The smallest absolute Gasteiger partial charge is 0.444 e. The summed E-state index contributed by atoms with van der Waals surface area (Å²) in [5.74, 6) is -0.363. The molecule has 11 nitrogen and oxygen atoms in total. The summed E-state index contributed by atoms with van der Waals surface area (Å²) in [4.78, 5) is 26.7. The number of carbonyl (C=O) groups is 2. The zero-order valence-corrected chi connectivity index (χ0v) is 22.7. The van der Waals surface area contributed by atoms with Crippen LogP contribution in [-0.2, 0) is 11.3 Å². The van der Waals surface area contributed by atoms with Crippen LogP contribution in [0.5, 0.6) is 5.75 Å². The molecule has 218 valence electrons. The van der Waals surface area contributed by atoms with E-state index in [-0.39, 0.29) is 58.4 Å². The zero-order chi connectivity index (χ0) is 29.5. The third kappa shape index (κ3) is 4.64. The summed E-state index contributed by atoms with van der Waals surface area (Å²) < 4.78 is 51.2. The van der Waals surface area contributed by atoms with Gasteiger partial charge in [0.05, 0.1) is 18.8 Å². The van der Waals surface area contributed by atoms with Crippen LogP contribution in [0, 0.1) is 17.3 Å². The van der Waals surface area contributed by atoms with E-state index >= 15 is 0 Å². The van der Waals surface area contributed by atoms with Gasteiger partial charge in [0.1, 0.15) is 28.4 Å². The number of nitrogens with zero attached hydrogens (tertiary/aromatic N) is 5. The number of ether oxygens (including phenoxy) is 2. The van der Waals surface area contributed by atoms with Gasteiger partial charge in [-0.15, -0.1) is 13.2 Å². The number of para-hydroxylation sites is 1. The van der Waals surface area contributed by atoms with Gasteiger partial charge in [-0.05, 0) is 45.1 Å². The minimum absolute atomic E-state index is 0.00374. The number of rotatable bonds is 6. The number of nitrogens with two attached hydrogens (primary N) is 2. The van der Waals surface area contributed by atoms with E-state index in [1.807, 2.05) is 20.8 Å². The number of halogens is 3. The van der Waals surface area contributed by atoms with Crippen molar-refractivity contribution in [2.75, 3.05) is 18.8 Å². The van der Waals surface area contributed by atoms with Crippen LogP contribution in [0.25, 0.3) is 11.3 Å². The molecule has 3 fully saturated rings. The predicted octanol–water partition coefficient (Wildman–Crippen LogP) is 3.80. The predicted molar refractivity (Wildman–Crippen MR) is 139 cm³/mol. The van der Waals surface area contributed by atoms with Crippen molar-refractivity contribution in [2.45, 2.75) is 51.7 Å². The molecule has 2 saturated carbocycles. The van der Waals surface area contributed by atoms with Crippen LogP contribution in [0.2, 0.25) is 0 Å². The Morgan fingerprint density at radius 2 is 1.93 bits per heavy atom. The Bertz CT molecular complexity index is 1540. The minimum atomic E-state index is -4.83. The van der Waals surface area contributed by atoms with Crippen molar-refractivity contribution in [3.05, 3.63) is 47.8 Å². The van der Waals surface area contributed by atoms with Gasteiger partial charge in [0.15, 0.2) is 0 Å². The second kappa shape index (κ2) is 8.88. The number of fused-ring (bicyclic) bond motifs is 1. The number of likely N-dealkylation sites (tertiary alicyclic amines) is 1. The molecular formula is C27H30F3N7O4. The number of aromatic nitrogens is 4. The van der Waals surface area contributed by atoms with Gasteiger partial charge in [0, 0.05) is 35.8 Å². The summed E-state index contributed by atoms with van der Waals surface area (Å²) >= 11 is 0. The first-order valence-electron chi connectivity index (χ1n) is 13.2. The lowest BCUT2D eigenvalue weighted by atomic mass is 9.80. The highest BCUT2D eigenvalue weighted by Gasteiger charge is 2.79. The lowest BCUT2D eigenvalue weighted by Crippen LogP contribution is -2.42. The van der Waals surface area contributed by atoms with Crippen molar-refractivity contribution in [2.24, 2.45) is 23.0 Å². The number of alkyl halides is 3. The van der Waals surface area contributed by atoms with Crippen molar-refractivity contribution in [1.29, 1.82) is 0 Å². The Hall–Kier alpha value is -4.23. The first-order chi connectivity index (χ1) is 19.2. The SMILES string of the molecule is CC(C)(C)OC(=O)N1CC2[C@@H]3[C@H](n4nc(-c5cnn(Cc6ccccc6OC(F)(F)F)c5)c(C(N)=O)c4N)C[C@]23C1. The van der Waals surface area contributed by atoms with E-state index in [1.54, 1.807) is 21.8 Å². The molecule has 6 rings (SSSR count). The highest BCUT2D eigenvalue weighted by atomic mass is 19.4. The van der Waals surface area contributed by atoms with Crippen molar-refractivity contribution in [1.82, 2.24) is 24.5 Å². The van der Waals surface area contributed by atoms with E-state index < -0.39 is 17.9 Å². The monoisotopic (exact) mass is 573 g/mol. The molecule has 0 radical (unpaired) electrons. The molecule has 3 heterocycles. The van der Waals surface area contributed by atoms with Crippen LogP contribution >= 0.6 is 0 Å². The number of benzene rings is 1. The average molecular weight is 574 g/mol. The van der Waals surface area contributed by atoms with Crippen LogP contribution in [0.15, 0.2) is 36.7 Å². The van der Waals surface area contributed by atoms with Gasteiger partial charge in [-0.25, -0.2) is 9.48 Å². The van der Waals surface area contributed by atoms with Crippen LogP contribution in [-0.4, -0.2) is 61.5 Å². The summed E-state index contributed by atoms with van der Waals surface area (Å²) in [6.07, 6.45) is -1.38. The van der Waals surface area contributed by atoms with Gasteiger partial charge in [0.2, 0.25) is 0 Å². The van der Waals surface area contributed by atoms with Gasteiger partial charge >= 0.3 is 12.5 Å². The Morgan fingerprint density at radius 1 is 1.20 bits per heavy atom. The summed E-state index contributed by atoms with van der Waals surface area (Å²) in [5.41, 5.74) is 12.6. The topological polar surface area (TPSA) is 144 Å². The third-order valence-corrected chi connectivity index (χ3v) is 8.23. The largest absolute Gasteiger partial charge is 0.573 e. The fraction of sp³-hybridized carbons (Fsp3) is 0.481. The Morgan fingerprint density at radius 3 is 2.59 bits per heavy atom. The van der Waals surface area contributed by atoms with Crippen LogP contribution in [0.1, 0.15) is 49.2 Å². The Balaban J connectivity index is 1.20. The Labute approximate surface area is 233 Å². The van der Waals surface area contributed by atoms with Gasteiger partial charge in [-0.3, -0.25) is 9.48 Å². The van der Waals surface area contributed by atoms with Crippen molar-refractivity contribution in [3.63, 3.8) is 0 Å². The summed E-state index contributed by atoms with van der Waals surface area (Å²) in [6.45, 7) is 6.69. The number of amides is 2. The van der Waals surface area contributed by atoms with E-state index in [9.17, 15) is 22.8 Å². The molecule has 1 spiro atoms. The minimum Gasteiger partial charge on any atom is -0.444 e. The highest BCUT2D eigenvalue weighted by Crippen LogP contribution is 2.79. The molecule has 0 bridgehead atoms. The number of hydrogen-bond donors (Lipinski definition) is 2. The second-order valence-corrected chi connectivity index (χ2v) is 12.0. The van der Waals surface area contributed by atoms with Crippen molar-refractivity contribution < 1.29 is 32.2 Å². The van der Waals surface area contributed by atoms with Gasteiger partial charge in [0.25, 0.3) is 5.91 Å². The van der Waals surface area contributed by atoms with Crippen LogP contribution < -0.4 is 16.2 Å². The number of carbonyl (C=O) groups excluding carboxylic acids is 2. The second-order valence-electron chi connectivity index (χ2n) is 12.0. The van der Waals surface area contributed by atoms with Crippen molar-refractivity contribution >= 4 is 17.8 Å². The molecule has 14 heteroatoms. The number of anilines is 1. The molecule has 3 aliphatic rings. The van der Waals surface area contributed by atoms with E-state index in [2.05, 4.69) is 14.9 Å². The van der Waals surface area contributed by atoms with E-state index in [0.717, 1.165) is 6.42 Å². The molecule has 2 aromatic heterocycles. The molecule has 1 aliphatic heterocycles. The van der Waals surface area contributed by atoms with E-state index in [4.69, 9.17) is 16.2 Å². The summed E-state index contributed by atoms with van der Waals surface area (Å²) in [7, 11) is 0. The van der Waals surface area contributed by atoms with Crippen LogP contribution in [0.3, 0.4) is 0 Å². The van der Waals surface area contributed by atoms with E-state index in [1.165, 1.54) is 29.1 Å². The quantitative estimate of drug-likeness (QED) is 0.457. The fourth-order valence-electron chi connectivity index (χ4n) is 6.60. The molecule has 2 aliphatic carbocycles. The highest BCUT2D eigenvalue weighted by molar-refractivity contribution is 6.03. The molecule has 1 saturated heterocycles. The molecule has 1 unspecified atom stereocenters. The normalized spacial score (nSPS) is 24.8. The Kier molecular flexibility index (Phi) is 5.84. The van der Waals surface area contributed by atoms with Gasteiger partial charge < -0.3 is 25.8 Å². The fourth-order valence-corrected chi connectivity index (χ4v) is 6.60. The van der Waals surface area contributed by atoms with Crippen molar-refractivity contribution in [3.8, 4) is 17.0 Å². The summed E-state index contributed by atoms with van der Waals surface area (Å²) in [5, 5.41) is 8.92. The maximum Gasteiger partial charge on any atom is 0.573 e. The molecule has 4 N–H and O–H groups in total. The lowest BCUT2D eigenvalue weighted by molar-refractivity contribution is -0.274. The van der Waals surface area contributed by atoms with Gasteiger partial charge in [-0.1, -0.05) is 18.2 Å². The van der Waals surface area contributed by atoms with E-state index in [0.29, 0.717) is 24.6 Å². The standard InChI is InChI=1S/C27H30F3N7O4/c1-25(2,3)41-24(39)35-12-16-20-17(8-26(16,20)13-35)37-22(31)19(23(32)38)21(34-37)15-9-33-36(11-15)10-14-6-4-5-7-18(14)40-27(28,29)30/h4-7,9,11,16-17,20H,8,10,12-13,31H2,1-3H3,(H2,32,38)/t16?,17-,20-,26+/m1/s1. The maximum atomic E-state index is 12.8. The molecule has 2 amide bonds. The first kappa shape index (κ1) is 27.0. The number of nitrogen functional groups attached to an aromatic ring is 1. The molecule has 1 aromatic carbocycles. The zero-order valence-electron chi connectivity index (χ0n) is 22.7. The molecule has 41 heavy (non-hydrogen) atoms. The molecular weight excluding hydrogens is 543 g/mol. The summed E-state index contributed by atoms with van der Waals surface area (Å²) in [6, 6.07) is 5.73. The number of piperidine rings is 1. The number of hydrogen-bond acceptors (Lipinski definition) is 7. The first-order valence-corrected chi connectivity index (χ1v) is 13.2. The number of primary amides is 1. The van der Waals surface area contributed by atoms with Gasteiger partial charge in [-0.2, -0.15) is 10.2 Å².